The molecule has 1 aliphatic rings. The molecule has 1 N–H and O–H groups in total. The molecule has 0 spiro atoms. The van der Waals surface area contributed by atoms with Crippen molar-refractivity contribution in [3.63, 3.8) is 0 Å². The van der Waals surface area contributed by atoms with E-state index in [1.165, 1.54) is 17.0 Å². The van der Waals surface area contributed by atoms with Crippen molar-refractivity contribution in [2.45, 2.75) is 25.6 Å². The van der Waals surface area contributed by atoms with Crippen LogP contribution in [-0.2, 0) is 6.18 Å². The third kappa shape index (κ3) is 4.55. The zero-order valence-electron chi connectivity index (χ0n) is 16.3. The molecule has 31 heavy (non-hydrogen) atoms. The van der Waals surface area contributed by atoms with Gasteiger partial charge in [-0.3, -0.25) is 9.78 Å². The number of nitrogens with one attached hydrogen (secondary N) is 1. The molecule has 1 fully saturated rings. The summed E-state index contributed by atoms with van der Waals surface area (Å²) in [6.45, 7) is 2.25. The van der Waals surface area contributed by atoms with Gasteiger partial charge in [0, 0.05) is 19.1 Å². The minimum absolute atomic E-state index is 0.169. The Labute approximate surface area is 186 Å². The van der Waals surface area contributed by atoms with Crippen molar-refractivity contribution in [3.8, 4) is 0 Å². The van der Waals surface area contributed by atoms with Crippen LogP contribution in [0.3, 0.4) is 0 Å². The lowest BCUT2D eigenvalue weighted by molar-refractivity contribution is -0.138. The molecule has 1 saturated heterocycles. The SMILES string of the molecule is Cc1ccc(C(F)(F)F)c(C(=O)N2CC[C@@H](Nc3cnc4cc(Cl)c(Cl)cc4n3)C2)c1. The van der Waals surface area contributed by atoms with Crippen LogP contribution in [-0.4, -0.2) is 39.9 Å². The van der Waals surface area contributed by atoms with E-state index in [0.29, 0.717) is 45.4 Å². The Kier molecular flexibility index (Phi) is 5.70. The van der Waals surface area contributed by atoms with Crippen molar-refractivity contribution in [1.29, 1.82) is 0 Å². The molecule has 0 radical (unpaired) electrons. The molecule has 4 rings (SSSR count). The number of alkyl halides is 3. The average Bonchev–Trinajstić information content (AvgIpc) is 3.16. The van der Waals surface area contributed by atoms with Gasteiger partial charge in [0.2, 0.25) is 0 Å². The molecule has 1 aromatic heterocycles. The topological polar surface area (TPSA) is 58.1 Å². The van der Waals surface area contributed by atoms with Gasteiger partial charge in [-0.05, 0) is 37.6 Å². The van der Waals surface area contributed by atoms with Crippen LogP contribution in [0.25, 0.3) is 11.0 Å². The number of aryl methyl sites for hydroxylation is 1. The number of halogens is 5. The zero-order valence-corrected chi connectivity index (χ0v) is 17.8. The van der Waals surface area contributed by atoms with E-state index in [1.54, 1.807) is 25.3 Å². The third-order valence-corrected chi connectivity index (χ3v) is 5.84. The average molecular weight is 469 g/mol. The quantitative estimate of drug-likeness (QED) is 0.544. The highest BCUT2D eigenvalue weighted by Crippen LogP contribution is 2.33. The van der Waals surface area contributed by atoms with Gasteiger partial charge in [0.15, 0.2) is 0 Å². The summed E-state index contributed by atoms with van der Waals surface area (Å²) in [4.78, 5) is 23.0. The summed E-state index contributed by atoms with van der Waals surface area (Å²) in [5.74, 6) is -0.150. The fraction of sp³-hybridized carbons (Fsp3) is 0.286. The van der Waals surface area contributed by atoms with Crippen molar-refractivity contribution in [2.24, 2.45) is 0 Å². The second-order valence-electron chi connectivity index (χ2n) is 7.44. The number of anilines is 1. The normalized spacial score (nSPS) is 16.7. The van der Waals surface area contributed by atoms with E-state index in [4.69, 9.17) is 23.2 Å². The van der Waals surface area contributed by atoms with Crippen molar-refractivity contribution in [1.82, 2.24) is 14.9 Å². The third-order valence-electron chi connectivity index (χ3n) is 5.12. The van der Waals surface area contributed by atoms with E-state index in [2.05, 4.69) is 15.3 Å². The molecule has 1 atom stereocenters. The van der Waals surface area contributed by atoms with E-state index in [9.17, 15) is 18.0 Å². The van der Waals surface area contributed by atoms with E-state index in [1.807, 2.05) is 0 Å². The molecule has 10 heteroatoms. The summed E-state index contributed by atoms with van der Waals surface area (Å²) in [6.07, 6.45) is -2.49. The predicted octanol–water partition coefficient (Wildman–Crippen LogP) is 5.59. The maximum Gasteiger partial charge on any atom is 0.417 e. The zero-order chi connectivity index (χ0) is 22.3. The molecule has 3 aromatic rings. The van der Waals surface area contributed by atoms with Crippen LogP contribution in [0, 0.1) is 6.92 Å². The number of aromatic nitrogens is 2. The van der Waals surface area contributed by atoms with E-state index >= 15 is 0 Å². The highest BCUT2D eigenvalue weighted by molar-refractivity contribution is 6.42. The van der Waals surface area contributed by atoms with Gasteiger partial charge in [-0.2, -0.15) is 13.2 Å². The lowest BCUT2D eigenvalue weighted by atomic mass is 10.0. The number of likely N-dealkylation sites (tertiary alicyclic amines) is 1. The molecule has 1 amide bonds. The van der Waals surface area contributed by atoms with Gasteiger partial charge >= 0.3 is 6.18 Å². The first kappa shape index (κ1) is 21.6. The Morgan fingerprint density at radius 2 is 1.87 bits per heavy atom. The van der Waals surface area contributed by atoms with Crippen LogP contribution in [0.5, 0.6) is 0 Å². The number of rotatable bonds is 3. The van der Waals surface area contributed by atoms with Crippen molar-refractivity contribution < 1.29 is 18.0 Å². The maximum absolute atomic E-state index is 13.4. The summed E-state index contributed by atoms with van der Waals surface area (Å²) in [5.41, 5.74) is 0.484. The van der Waals surface area contributed by atoms with E-state index in [0.717, 1.165) is 6.07 Å². The Hall–Kier alpha value is -2.58. The van der Waals surface area contributed by atoms with Gasteiger partial charge in [0.25, 0.3) is 5.91 Å². The van der Waals surface area contributed by atoms with Gasteiger partial charge in [0.1, 0.15) is 5.82 Å². The van der Waals surface area contributed by atoms with Crippen molar-refractivity contribution in [2.75, 3.05) is 18.4 Å². The Bertz CT molecular complexity index is 1170. The monoisotopic (exact) mass is 468 g/mol. The van der Waals surface area contributed by atoms with Crippen LogP contribution in [0.4, 0.5) is 19.0 Å². The molecule has 0 aliphatic carbocycles. The molecule has 1 aliphatic heterocycles. The highest BCUT2D eigenvalue weighted by Gasteiger charge is 2.37. The van der Waals surface area contributed by atoms with Crippen LogP contribution in [0.2, 0.25) is 10.0 Å². The number of fused-ring (bicyclic) bond motifs is 1. The first-order chi connectivity index (χ1) is 14.6. The fourth-order valence-corrected chi connectivity index (χ4v) is 3.92. The molecule has 2 heterocycles. The molecular formula is C21H17Cl2F3N4O. The highest BCUT2D eigenvalue weighted by atomic mass is 35.5. The van der Waals surface area contributed by atoms with Crippen molar-refractivity contribution >= 4 is 46.0 Å². The van der Waals surface area contributed by atoms with Crippen LogP contribution < -0.4 is 5.32 Å². The van der Waals surface area contributed by atoms with Crippen LogP contribution in [0.15, 0.2) is 36.5 Å². The predicted molar refractivity (Wildman–Crippen MR) is 114 cm³/mol. The molecule has 5 nitrogen and oxygen atoms in total. The molecule has 0 unspecified atom stereocenters. The largest absolute Gasteiger partial charge is 0.417 e. The second kappa shape index (κ2) is 8.16. The summed E-state index contributed by atoms with van der Waals surface area (Å²) in [5, 5.41) is 3.93. The Morgan fingerprint density at radius 3 is 2.58 bits per heavy atom. The summed E-state index contributed by atoms with van der Waals surface area (Å²) in [7, 11) is 0. The minimum Gasteiger partial charge on any atom is -0.364 e. The van der Waals surface area contributed by atoms with Gasteiger partial charge in [-0.1, -0.05) is 34.8 Å². The summed E-state index contributed by atoms with van der Waals surface area (Å²) >= 11 is 12.0. The van der Waals surface area contributed by atoms with Crippen molar-refractivity contribution in [3.05, 3.63) is 63.3 Å². The first-order valence-electron chi connectivity index (χ1n) is 9.47. The second-order valence-corrected chi connectivity index (χ2v) is 8.25. The van der Waals surface area contributed by atoms with E-state index < -0.39 is 17.6 Å². The molecule has 162 valence electrons. The van der Waals surface area contributed by atoms with Gasteiger partial charge < -0.3 is 10.2 Å². The number of benzene rings is 2. The van der Waals surface area contributed by atoms with Crippen LogP contribution in [0.1, 0.15) is 27.9 Å². The Morgan fingerprint density at radius 1 is 1.16 bits per heavy atom. The lowest BCUT2D eigenvalue weighted by Gasteiger charge is -2.20. The number of hydrogen-bond donors (Lipinski definition) is 1. The first-order valence-corrected chi connectivity index (χ1v) is 10.2. The number of carbonyl (C=O) groups excluding carboxylic acids is 1. The number of hydrogen-bond acceptors (Lipinski definition) is 4. The number of carbonyl (C=O) groups is 1. The van der Waals surface area contributed by atoms with Gasteiger partial charge in [-0.15, -0.1) is 0 Å². The number of nitrogens with zero attached hydrogens (tertiary/aromatic N) is 3. The van der Waals surface area contributed by atoms with Crippen LogP contribution >= 0.6 is 23.2 Å². The molecule has 0 bridgehead atoms. The van der Waals surface area contributed by atoms with Gasteiger partial charge in [0.05, 0.1) is 38.4 Å². The Balaban J connectivity index is 1.50. The van der Waals surface area contributed by atoms with Gasteiger partial charge in [-0.25, -0.2) is 4.98 Å². The standard InChI is InChI=1S/C21H17Cl2F3N4O/c1-11-2-3-14(21(24,25)26)13(6-11)20(31)30-5-4-12(10-30)28-19-9-27-17-7-15(22)16(23)8-18(17)29-19/h2-3,6-9,12H,4-5,10H2,1H3,(H,28,29)/t12-/m1/s1. The van der Waals surface area contributed by atoms with E-state index in [-0.39, 0.29) is 18.2 Å². The molecule has 2 aromatic carbocycles. The fourth-order valence-electron chi connectivity index (χ4n) is 3.60. The summed E-state index contributed by atoms with van der Waals surface area (Å²) in [6, 6.07) is 6.65. The summed E-state index contributed by atoms with van der Waals surface area (Å²) < 4.78 is 40.1. The molecular weight excluding hydrogens is 452 g/mol. The maximum atomic E-state index is 13.4. The minimum atomic E-state index is -4.60. The smallest absolute Gasteiger partial charge is 0.364 e. The molecule has 0 saturated carbocycles. The number of amides is 1. The lowest BCUT2D eigenvalue weighted by Crippen LogP contribution is -2.33.